The minimum Gasteiger partial charge on any atom is -0.496 e. The zero-order valence-electron chi connectivity index (χ0n) is 16.5. The number of primary amides is 1. The van der Waals surface area contributed by atoms with Crippen molar-refractivity contribution in [3.05, 3.63) is 83.2 Å². The zero-order valence-corrected chi connectivity index (χ0v) is 16.5. The largest absolute Gasteiger partial charge is 0.496 e. The molecule has 1 aliphatic heterocycles. The van der Waals surface area contributed by atoms with E-state index >= 15 is 0 Å². The van der Waals surface area contributed by atoms with Gasteiger partial charge in [0.25, 0.3) is 0 Å². The molecule has 0 fully saturated rings. The number of rotatable bonds is 4. The van der Waals surface area contributed by atoms with Gasteiger partial charge in [-0.25, -0.2) is 4.39 Å². The average Bonchev–Trinajstić information content (AvgIpc) is 2.72. The smallest absolute Gasteiger partial charge is 0.227 e. The molecule has 4 rings (SSSR count). The van der Waals surface area contributed by atoms with Crippen LogP contribution >= 0.6 is 0 Å². The quantitative estimate of drug-likeness (QED) is 0.698. The second kappa shape index (κ2) is 6.92. The molecule has 1 atom stereocenters. The number of ether oxygens (including phenoxy) is 2. The van der Waals surface area contributed by atoms with Gasteiger partial charge in [0.1, 0.15) is 23.4 Å². The Morgan fingerprint density at radius 1 is 1.10 bits per heavy atom. The van der Waals surface area contributed by atoms with Crippen LogP contribution in [0.2, 0.25) is 0 Å². The molecule has 0 aromatic heterocycles. The second-order valence-electron chi connectivity index (χ2n) is 7.68. The summed E-state index contributed by atoms with van der Waals surface area (Å²) in [5.74, 6) is 0.587. The van der Waals surface area contributed by atoms with Gasteiger partial charge >= 0.3 is 0 Å². The first kappa shape index (κ1) is 19.0. The molecule has 148 valence electrons. The molecule has 0 spiro atoms. The van der Waals surface area contributed by atoms with Crippen molar-refractivity contribution in [2.45, 2.75) is 25.4 Å². The van der Waals surface area contributed by atoms with E-state index in [1.54, 1.807) is 27.0 Å². The molecule has 3 aromatic rings. The van der Waals surface area contributed by atoms with Crippen molar-refractivity contribution in [3.8, 4) is 22.6 Å². The molecule has 29 heavy (non-hydrogen) atoms. The van der Waals surface area contributed by atoms with Crippen LogP contribution in [-0.2, 0) is 10.2 Å². The summed E-state index contributed by atoms with van der Waals surface area (Å²) in [6.07, 6.45) is -0.524. The number of hydrogen-bond donors (Lipinski definition) is 1. The minimum absolute atomic E-state index is 0.335. The highest BCUT2D eigenvalue weighted by Gasteiger charge is 2.33. The molecular weight excluding hydrogens is 369 g/mol. The van der Waals surface area contributed by atoms with E-state index < -0.39 is 17.4 Å². The summed E-state index contributed by atoms with van der Waals surface area (Å²) in [6, 6.07) is 17.7. The van der Waals surface area contributed by atoms with Crippen molar-refractivity contribution >= 4 is 5.91 Å². The molecule has 0 saturated heterocycles. The van der Waals surface area contributed by atoms with Crippen LogP contribution in [0.5, 0.6) is 11.5 Å². The number of methoxy groups -OCH3 is 1. The van der Waals surface area contributed by atoms with Crippen molar-refractivity contribution in [1.29, 1.82) is 0 Å². The van der Waals surface area contributed by atoms with Gasteiger partial charge in [-0.15, -0.1) is 0 Å². The fourth-order valence-corrected chi connectivity index (χ4v) is 3.69. The molecule has 1 unspecified atom stereocenters. The van der Waals surface area contributed by atoms with E-state index in [4.69, 9.17) is 15.2 Å². The van der Waals surface area contributed by atoms with Gasteiger partial charge in [0.2, 0.25) is 5.91 Å². The lowest BCUT2D eigenvalue weighted by Gasteiger charge is -2.32. The summed E-state index contributed by atoms with van der Waals surface area (Å²) in [4.78, 5) is 12.0. The van der Waals surface area contributed by atoms with E-state index in [-0.39, 0.29) is 5.82 Å². The first-order valence-corrected chi connectivity index (χ1v) is 9.36. The molecule has 2 N–H and O–H groups in total. The number of carbonyl (C=O) groups is 1. The van der Waals surface area contributed by atoms with Gasteiger partial charge in [0.05, 0.1) is 18.1 Å². The molecule has 3 aromatic carbocycles. The fraction of sp³-hybridized carbons (Fsp3) is 0.208. The number of nitrogens with two attached hydrogens (primary N) is 1. The monoisotopic (exact) mass is 391 g/mol. The third kappa shape index (κ3) is 3.12. The van der Waals surface area contributed by atoms with Gasteiger partial charge in [0.15, 0.2) is 0 Å². The molecule has 4 nitrogen and oxygen atoms in total. The standard InChI is InChI=1S/C24H22FNO3/c1-24(2,23(26)27)15-10-11-17-18(13-15)22(14-6-4-7-16(25)12-14)29-20-9-5-8-19(28-3)21(17)20/h4-13,22H,1-3H3,(H2,26,27). The van der Waals surface area contributed by atoms with Crippen molar-refractivity contribution in [2.75, 3.05) is 7.11 Å². The maximum absolute atomic E-state index is 14.0. The van der Waals surface area contributed by atoms with Crippen LogP contribution in [0.15, 0.2) is 60.7 Å². The molecule has 5 heteroatoms. The van der Waals surface area contributed by atoms with Crippen LogP contribution in [0.4, 0.5) is 4.39 Å². The van der Waals surface area contributed by atoms with Crippen molar-refractivity contribution < 1.29 is 18.7 Å². The third-order valence-electron chi connectivity index (χ3n) is 5.55. The summed E-state index contributed by atoms with van der Waals surface area (Å²) in [5, 5.41) is 0. The zero-order chi connectivity index (χ0) is 20.8. The van der Waals surface area contributed by atoms with Gasteiger partial charge in [-0.3, -0.25) is 4.79 Å². The van der Waals surface area contributed by atoms with E-state index in [2.05, 4.69) is 0 Å². The van der Waals surface area contributed by atoms with Gasteiger partial charge < -0.3 is 15.2 Å². The highest BCUT2D eigenvalue weighted by Crippen LogP contribution is 2.49. The minimum atomic E-state index is -0.859. The molecular formula is C24H22FNO3. The number of benzene rings is 3. The molecule has 1 aliphatic rings. The van der Waals surface area contributed by atoms with Crippen LogP contribution in [0, 0.1) is 5.82 Å². The lowest BCUT2D eigenvalue weighted by molar-refractivity contribution is -0.122. The summed E-state index contributed by atoms with van der Waals surface area (Å²) >= 11 is 0. The highest BCUT2D eigenvalue weighted by atomic mass is 19.1. The topological polar surface area (TPSA) is 61.5 Å². The molecule has 1 amide bonds. The van der Waals surface area contributed by atoms with Crippen LogP contribution in [-0.4, -0.2) is 13.0 Å². The Morgan fingerprint density at radius 2 is 1.86 bits per heavy atom. The van der Waals surface area contributed by atoms with E-state index in [1.807, 2.05) is 42.5 Å². The first-order valence-electron chi connectivity index (χ1n) is 9.36. The number of halogens is 1. The molecule has 0 aliphatic carbocycles. The van der Waals surface area contributed by atoms with Gasteiger partial charge in [-0.1, -0.05) is 36.4 Å². The third-order valence-corrected chi connectivity index (χ3v) is 5.55. The number of fused-ring (bicyclic) bond motifs is 3. The Morgan fingerprint density at radius 3 is 2.55 bits per heavy atom. The lowest BCUT2D eigenvalue weighted by Crippen LogP contribution is -2.35. The fourth-order valence-electron chi connectivity index (χ4n) is 3.69. The van der Waals surface area contributed by atoms with Gasteiger partial charge in [0, 0.05) is 5.56 Å². The number of carbonyl (C=O) groups excluding carboxylic acids is 1. The van der Waals surface area contributed by atoms with Crippen molar-refractivity contribution in [2.24, 2.45) is 5.73 Å². The predicted molar refractivity (Wildman–Crippen MR) is 110 cm³/mol. The van der Waals surface area contributed by atoms with Crippen molar-refractivity contribution in [3.63, 3.8) is 0 Å². The van der Waals surface area contributed by atoms with E-state index in [1.165, 1.54) is 12.1 Å². The van der Waals surface area contributed by atoms with Crippen molar-refractivity contribution in [1.82, 2.24) is 0 Å². The second-order valence-corrected chi connectivity index (χ2v) is 7.68. The molecule has 0 radical (unpaired) electrons. The Balaban J connectivity index is 1.98. The van der Waals surface area contributed by atoms with E-state index in [0.717, 1.165) is 22.3 Å². The number of amides is 1. The Labute approximate surface area is 169 Å². The Hall–Kier alpha value is -3.34. The lowest BCUT2D eigenvalue weighted by atomic mass is 9.79. The maximum Gasteiger partial charge on any atom is 0.227 e. The summed E-state index contributed by atoms with van der Waals surface area (Å²) in [7, 11) is 1.61. The Kier molecular flexibility index (Phi) is 4.53. The summed E-state index contributed by atoms with van der Waals surface area (Å²) in [5.41, 5.74) is 8.81. The molecule has 0 bridgehead atoms. The van der Waals surface area contributed by atoms with Crippen LogP contribution < -0.4 is 15.2 Å². The highest BCUT2D eigenvalue weighted by molar-refractivity contribution is 5.87. The summed E-state index contributed by atoms with van der Waals surface area (Å²) in [6.45, 7) is 3.57. The van der Waals surface area contributed by atoms with Gasteiger partial charge in [-0.2, -0.15) is 0 Å². The van der Waals surface area contributed by atoms with E-state index in [9.17, 15) is 9.18 Å². The van der Waals surface area contributed by atoms with Crippen LogP contribution in [0.3, 0.4) is 0 Å². The average molecular weight is 391 g/mol. The normalized spacial score (nSPS) is 15.1. The SMILES string of the molecule is COc1cccc2c1-c1ccc(C(C)(C)C(N)=O)cc1C(c1cccc(F)c1)O2. The molecule has 0 saturated carbocycles. The first-order chi connectivity index (χ1) is 13.8. The van der Waals surface area contributed by atoms with Gasteiger partial charge in [-0.05, 0) is 54.8 Å². The van der Waals surface area contributed by atoms with Crippen LogP contribution in [0.25, 0.3) is 11.1 Å². The predicted octanol–water partition coefficient (Wildman–Crippen LogP) is 4.75. The molecule has 1 heterocycles. The van der Waals surface area contributed by atoms with E-state index in [0.29, 0.717) is 17.1 Å². The Bertz CT molecular complexity index is 1110. The number of hydrogen-bond acceptors (Lipinski definition) is 3. The summed E-state index contributed by atoms with van der Waals surface area (Å²) < 4.78 is 25.8. The maximum atomic E-state index is 14.0. The van der Waals surface area contributed by atoms with Crippen LogP contribution in [0.1, 0.15) is 36.6 Å².